The predicted octanol–water partition coefficient (Wildman–Crippen LogP) is 3.31. The maximum Gasteiger partial charge on any atom is 0.0213 e. The topological polar surface area (TPSA) is 38.0 Å². The molecule has 0 bridgehead atoms. The zero-order valence-corrected chi connectivity index (χ0v) is 11.6. The quantitative estimate of drug-likeness (QED) is 0.532. The van der Waals surface area contributed by atoms with Gasteiger partial charge in [0.1, 0.15) is 0 Å². The molecule has 16 heavy (non-hydrogen) atoms. The van der Waals surface area contributed by atoms with Gasteiger partial charge in [-0.1, -0.05) is 59.3 Å². The monoisotopic (exact) mass is 228 g/mol. The first kappa shape index (κ1) is 15.9. The van der Waals surface area contributed by atoms with Crippen LogP contribution in [0.4, 0.5) is 0 Å². The second kappa shape index (κ2) is 11.4. The fraction of sp³-hybridized carbons (Fsp3) is 1.00. The van der Waals surface area contributed by atoms with E-state index in [9.17, 15) is 0 Å². The van der Waals surface area contributed by atoms with E-state index in [0.29, 0.717) is 12.0 Å². The Balaban J connectivity index is 3.19. The van der Waals surface area contributed by atoms with Gasteiger partial charge < -0.3 is 11.1 Å². The highest BCUT2D eigenvalue weighted by Crippen LogP contribution is 2.06. The van der Waals surface area contributed by atoms with Gasteiger partial charge in [-0.2, -0.15) is 0 Å². The van der Waals surface area contributed by atoms with Crippen molar-refractivity contribution in [2.45, 2.75) is 71.8 Å². The number of unbranched alkanes of at least 4 members (excludes halogenated alkanes) is 6. The van der Waals surface area contributed by atoms with Gasteiger partial charge in [0.25, 0.3) is 0 Å². The maximum absolute atomic E-state index is 5.71. The van der Waals surface area contributed by atoms with Crippen LogP contribution in [0.15, 0.2) is 0 Å². The average Bonchev–Trinajstić information content (AvgIpc) is 2.26. The van der Waals surface area contributed by atoms with Crippen LogP contribution in [0.1, 0.15) is 65.7 Å². The van der Waals surface area contributed by atoms with Crippen molar-refractivity contribution in [2.75, 3.05) is 13.1 Å². The molecule has 0 aliphatic carbocycles. The van der Waals surface area contributed by atoms with Crippen molar-refractivity contribution in [2.24, 2.45) is 11.7 Å². The molecular formula is C14H32N2. The molecule has 0 aromatic heterocycles. The molecule has 0 aliphatic rings. The van der Waals surface area contributed by atoms with Crippen LogP contribution in [-0.4, -0.2) is 19.1 Å². The summed E-state index contributed by atoms with van der Waals surface area (Å²) in [5.74, 6) is 0.648. The first-order chi connectivity index (χ1) is 7.72. The summed E-state index contributed by atoms with van der Waals surface area (Å²) in [4.78, 5) is 0. The molecular weight excluding hydrogens is 196 g/mol. The molecule has 0 heterocycles. The van der Waals surface area contributed by atoms with Crippen LogP contribution in [0.25, 0.3) is 0 Å². The zero-order chi connectivity index (χ0) is 12.2. The SMILES string of the molecule is CCCCCCCCCNC(CN)C(C)C. The van der Waals surface area contributed by atoms with E-state index in [0.717, 1.165) is 13.1 Å². The van der Waals surface area contributed by atoms with Crippen molar-refractivity contribution in [1.82, 2.24) is 5.32 Å². The van der Waals surface area contributed by atoms with Crippen LogP contribution < -0.4 is 11.1 Å². The minimum absolute atomic E-state index is 0.500. The van der Waals surface area contributed by atoms with E-state index in [1.54, 1.807) is 0 Å². The van der Waals surface area contributed by atoms with Gasteiger partial charge in [0.15, 0.2) is 0 Å². The van der Waals surface area contributed by atoms with Crippen molar-refractivity contribution < 1.29 is 0 Å². The Bertz CT molecular complexity index is 135. The zero-order valence-electron chi connectivity index (χ0n) is 11.6. The Hall–Kier alpha value is -0.0800. The van der Waals surface area contributed by atoms with E-state index in [2.05, 4.69) is 26.1 Å². The largest absolute Gasteiger partial charge is 0.329 e. The molecule has 0 saturated carbocycles. The van der Waals surface area contributed by atoms with Crippen molar-refractivity contribution >= 4 is 0 Å². The predicted molar refractivity (Wildman–Crippen MR) is 73.7 cm³/mol. The number of rotatable bonds is 11. The van der Waals surface area contributed by atoms with Crippen LogP contribution in [0, 0.1) is 5.92 Å². The molecule has 3 N–H and O–H groups in total. The summed E-state index contributed by atoms with van der Waals surface area (Å²) in [6.07, 6.45) is 9.65. The summed E-state index contributed by atoms with van der Waals surface area (Å²) < 4.78 is 0. The van der Waals surface area contributed by atoms with Crippen LogP contribution in [-0.2, 0) is 0 Å². The molecule has 0 saturated heterocycles. The lowest BCUT2D eigenvalue weighted by Gasteiger charge is -2.20. The van der Waals surface area contributed by atoms with E-state index in [1.165, 1.54) is 44.9 Å². The lowest BCUT2D eigenvalue weighted by Crippen LogP contribution is -2.40. The van der Waals surface area contributed by atoms with Crippen LogP contribution >= 0.6 is 0 Å². The lowest BCUT2D eigenvalue weighted by atomic mass is 10.0. The molecule has 0 aromatic carbocycles. The van der Waals surface area contributed by atoms with Gasteiger partial charge in [-0.15, -0.1) is 0 Å². The summed E-state index contributed by atoms with van der Waals surface area (Å²) in [6.45, 7) is 8.62. The molecule has 0 amide bonds. The highest BCUT2D eigenvalue weighted by atomic mass is 14.9. The fourth-order valence-corrected chi connectivity index (χ4v) is 1.96. The lowest BCUT2D eigenvalue weighted by molar-refractivity contribution is 0.399. The van der Waals surface area contributed by atoms with Crippen LogP contribution in [0.3, 0.4) is 0 Å². The third kappa shape index (κ3) is 9.17. The third-order valence-corrected chi connectivity index (χ3v) is 3.25. The van der Waals surface area contributed by atoms with E-state index in [4.69, 9.17) is 5.73 Å². The summed E-state index contributed by atoms with van der Waals surface area (Å²) in [5, 5.41) is 3.55. The molecule has 98 valence electrons. The van der Waals surface area contributed by atoms with Crippen molar-refractivity contribution in [3.63, 3.8) is 0 Å². The summed E-state index contributed by atoms with van der Waals surface area (Å²) in [7, 11) is 0. The molecule has 0 radical (unpaired) electrons. The van der Waals surface area contributed by atoms with Crippen molar-refractivity contribution in [1.29, 1.82) is 0 Å². The van der Waals surface area contributed by atoms with E-state index < -0.39 is 0 Å². The second-order valence-corrected chi connectivity index (χ2v) is 5.16. The van der Waals surface area contributed by atoms with Crippen molar-refractivity contribution in [3.05, 3.63) is 0 Å². The Labute approximate surface area is 102 Å². The Kier molecular flexibility index (Phi) is 11.3. The van der Waals surface area contributed by atoms with E-state index in [-0.39, 0.29) is 0 Å². The highest BCUT2D eigenvalue weighted by Gasteiger charge is 2.08. The molecule has 0 aromatic rings. The molecule has 2 heteroatoms. The van der Waals surface area contributed by atoms with Crippen LogP contribution in [0.2, 0.25) is 0 Å². The van der Waals surface area contributed by atoms with E-state index >= 15 is 0 Å². The van der Waals surface area contributed by atoms with Gasteiger partial charge in [0.05, 0.1) is 0 Å². The molecule has 1 unspecified atom stereocenters. The number of nitrogens with one attached hydrogen (secondary N) is 1. The van der Waals surface area contributed by atoms with E-state index in [1.807, 2.05) is 0 Å². The standard InChI is InChI=1S/C14H32N2/c1-4-5-6-7-8-9-10-11-16-14(12-15)13(2)3/h13-14,16H,4-12,15H2,1-3H3. The normalized spacial score (nSPS) is 13.3. The first-order valence-corrected chi connectivity index (χ1v) is 7.15. The molecule has 0 aliphatic heterocycles. The van der Waals surface area contributed by atoms with Crippen molar-refractivity contribution in [3.8, 4) is 0 Å². The molecule has 0 fully saturated rings. The second-order valence-electron chi connectivity index (χ2n) is 5.16. The fourth-order valence-electron chi connectivity index (χ4n) is 1.96. The maximum atomic E-state index is 5.71. The summed E-state index contributed by atoms with van der Waals surface area (Å²) in [6, 6.07) is 0.500. The van der Waals surface area contributed by atoms with Gasteiger partial charge in [0.2, 0.25) is 0 Å². The number of hydrogen-bond acceptors (Lipinski definition) is 2. The Morgan fingerprint density at radius 1 is 0.938 bits per heavy atom. The molecule has 2 nitrogen and oxygen atoms in total. The molecule has 0 rings (SSSR count). The Morgan fingerprint density at radius 2 is 1.50 bits per heavy atom. The molecule has 1 atom stereocenters. The van der Waals surface area contributed by atoms with Gasteiger partial charge in [-0.05, 0) is 18.9 Å². The summed E-state index contributed by atoms with van der Waals surface area (Å²) in [5.41, 5.74) is 5.71. The number of hydrogen-bond donors (Lipinski definition) is 2. The average molecular weight is 228 g/mol. The number of nitrogens with two attached hydrogens (primary N) is 1. The minimum Gasteiger partial charge on any atom is -0.329 e. The van der Waals surface area contributed by atoms with Gasteiger partial charge in [-0.3, -0.25) is 0 Å². The smallest absolute Gasteiger partial charge is 0.0213 e. The van der Waals surface area contributed by atoms with Gasteiger partial charge in [0, 0.05) is 12.6 Å². The Morgan fingerprint density at radius 3 is 2.00 bits per heavy atom. The highest BCUT2D eigenvalue weighted by molar-refractivity contribution is 4.70. The first-order valence-electron chi connectivity index (χ1n) is 7.15. The minimum atomic E-state index is 0.500. The van der Waals surface area contributed by atoms with Crippen LogP contribution in [0.5, 0.6) is 0 Å². The summed E-state index contributed by atoms with van der Waals surface area (Å²) >= 11 is 0. The molecule has 0 spiro atoms. The van der Waals surface area contributed by atoms with Gasteiger partial charge >= 0.3 is 0 Å². The third-order valence-electron chi connectivity index (χ3n) is 3.25. The van der Waals surface area contributed by atoms with Gasteiger partial charge in [-0.25, -0.2) is 0 Å².